The SMILES string of the molecule is COc1ccc(-c2oc3cc(C)ccc3c(=O)c2OC(=O)c2ccccc2)cc1. The van der Waals surface area contributed by atoms with Gasteiger partial charge in [-0.15, -0.1) is 0 Å². The van der Waals surface area contributed by atoms with Gasteiger partial charge in [-0.1, -0.05) is 24.3 Å². The molecule has 1 heterocycles. The van der Waals surface area contributed by atoms with Crippen molar-refractivity contribution in [1.82, 2.24) is 0 Å². The van der Waals surface area contributed by atoms with Crippen LogP contribution in [0, 0.1) is 6.92 Å². The molecule has 0 saturated heterocycles. The smallest absolute Gasteiger partial charge is 0.343 e. The van der Waals surface area contributed by atoms with Crippen LogP contribution in [0.4, 0.5) is 0 Å². The average molecular weight is 386 g/mol. The standard InChI is InChI=1S/C24H18O5/c1-15-8-13-19-20(14-15)28-22(16-9-11-18(27-2)12-10-16)23(21(19)25)29-24(26)17-6-4-3-5-7-17/h3-14H,1-2H3. The molecule has 29 heavy (non-hydrogen) atoms. The Morgan fingerprint density at radius 1 is 0.931 bits per heavy atom. The second kappa shape index (κ2) is 7.64. The maximum absolute atomic E-state index is 13.2. The zero-order valence-corrected chi connectivity index (χ0v) is 16.0. The number of hydrogen-bond acceptors (Lipinski definition) is 5. The summed E-state index contributed by atoms with van der Waals surface area (Å²) >= 11 is 0. The maximum Gasteiger partial charge on any atom is 0.343 e. The number of ether oxygens (including phenoxy) is 2. The second-order valence-corrected chi connectivity index (χ2v) is 6.57. The fourth-order valence-electron chi connectivity index (χ4n) is 3.03. The average Bonchev–Trinajstić information content (AvgIpc) is 2.76. The highest BCUT2D eigenvalue weighted by Crippen LogP contribution is 2.32. The first kappa shape index (κ1) is 18.5. The number of methoxy groups -OCH3 is 1. The van der Waals surface area contributed by atoms with E-state index in [0.717, 1.165) is 5.56 Å². The van der Waals surface area contributed by atoms with Crippen LogP contribution in [0.25, 0.3) is 22.3 Å². The molecule has 0 unspecified atom stereocenters. The van der Waals surface area contributed by atoms with Crippen LogP contribution in [0.3, 0.4) is 0 Å². The number of carbonyl (C=O) groups is 1. The van der Waals surface area contributed by atoms with Crippen LogP contribution < -0.4 is 14.9 Å². The molecule has 0 amide bonds. The zero-order valence-electron chi connectivity index (χ0n) is 16.0. The topological polar surface area (TPSA) is 65.7 Å². The monoisotopic (exact) mass is 386 g/mol. The zero-order chi connectivity index (χ0) is 20.4. The Morgan fingerprint density at radius 2 is 1.66 bits per heavy atom. The third kappa shape index (κ3) is 3.62. The maximum atomic E-state index is 13.2. The third-order valence-electron chi connectivity index (χ3n) is 4.56. The first-order valence-electron chi connectivity index (χ1n) is 9.06. The fourth-order valence-corrected chi connectivity index (χ4v) is 3.03. The summed E-state index contributed by atoms with van der Waals surface area (Å²) in [7, 11) is 1.57. The van der Waals surface area contributed by atoms with Gasteiger partial charge in [0, 0.05) is 5.56 Å². The fraction of sp³-hybridized carbons (Fsp3) is 0.0833. The summed E-state index contributed by atoms with van der Waals surface area (Å²) in [4.78, 5) is 25.8. The molecular weight excluding hydrogens is 368 g/mol. The molecule has 0 radical (unpaired) electrons. The lowest BCUT2D eigenvalue weighted by molar-refractivity contribution is 0.0731. The highest BCUT2D eigenvalue weighted by Gasteiger charge is 2.21. The van der Waals surface area contributed by atoms with Gasteiger partial charge >= 0.3 is 5.97 Å². The first-order chi connectivity index (χ1) is 14.1. The predicted molar refractivity (Wildman–Crippen MR) is 111 cm³/mol. The summed E-state index contributed by atoms with van der Waals surface area (Å²) in [6.07, 6.45) is 0. The molecule has 4 rings (SSSR count). The number of hydrogen-bond donors (Lipinski definition) is 0. The van der Waals surface area contributed by atoms with E-state index in [2.05, 4.69) is 0 Å². The van der Waals surface area contributed by atoms with Gasteiger partial charge in [-0.05, 0) is 61.0 Å². The molecule has 0 atom stereocenters. The molecule has 3 aromatic carbocycles. The summed E-state index contributed by atoms with van der Waals surface area (Å²) in [5.74, 6) is 0.0927. The number of fused-ring (bicyclic) bond motifs is 1. The van der Waals surface area contributed by atoms with Crippen LogP contribution in [-0.2, 0) is 0 Å². The van der Waals surface area contributed by atoms with Crippen molar-refractivity contribution in [3.05, 3.63) is 94.1 Å². The lowest BCUT2D eigenvalue weighted by Gasteiger charge is -2.11. The predicted octanol–water partition coefficient (Wildman–Crippen LogP) is 5.00. The number of rotatable bonds is 4. The number of benzene rings is 3. The van der Waals surface area contributed by atoms with Gasteiger partial charge in [0.1, 0.15) is 11.3 Å². The molecule has 0 spiro atoms. The molecule has 5 nitrogen and oxygen atoms in total. The van der Waals surface area contributed by atoms with Crippen molar-refractivity contribution in [2.45, 2.75) is 6.92 Å². The van der Waals surface area contributed by atoms with Gasteiger partial charge in [-0.25, -0.2) is 4.79 Å². The summed E-state index contributed by atoms with van der Waals surface area (Å²) in [6.45, 7) is 1.91. The summed E-state index contributed by atoms with van der Waals surface area (Å²) in [6, 6.07) is 20.8. The van der Waals surface area contributed by atoms with Crippen LogP contribution in [0.2, 0.25) is 0 Å². The molecule has 0 aliphatic carbocycles. The van der Waals surface area contributed by atoms with E-state index in [-0.39, 0.29) is 11.5 Å². The van der Waals surface area contributed by atoms with Gasteiger partial charge in [0.15, 0.2) is 5.76 Å². The van der Waals surface area contributed by atoms with Crippen molar-refractivity contribution in [2.75, 3.05) is 7.11 Å². The highest BCUT2D eigenvalue weighted by atomic mass is 16.5. The Morgan fingerprint density at radius 3 is 2.34 bits per heavy atom. The van der Waals surface area contributed by atoms with Crippen molar-refractivity contribution in [1.29, 1.82) is 0 Å². The van der Waals surface area contributed by atoms with E-state index in [0.29, 0.717) is 27.8 Å². The van der Waals surface area contributed by atoms with Crippen LogP contribution in [-0.4, -0.2) is 13.1 Å². The molecule has 0 aliphatic rings. The van der Waals surface area contributed by atoms with E-state index in [1.165, 1.54) is 0 Å². The largest absolute Gasteiger partial charge is 0.497 e. The molecule has 0 aliphatic heterocycles. The van der Waals surface area contributed by atoms with E-state index in [4.69, 9.17) is 13.9 Å². The number of esters is 1. The number of carbonyl (C=O) groups excluding carboxylic acids is 1. The van der Waals surface area contributed by atoms with E-state index in [9.17, 15) is 9.59 Å². The quantitative estimate of drug-likeness (QED) is 0.462. The van der Waals surface area contributed by atoms with Crippen molar-refractivity contribution in [2.24, 2.45) is 0 Å². The van der Waals surface area contributed by atoms with Crippen LogP contribution >= 0.6 is 0 Å². The third-order valence-corrected chi connectivity index (χ3v) is 4.56. The molecule has 0 bridgehead atoms. The Bertz CT molecular complexity index is 1240. The molecular formula is C24H18O5. The second-order valence-electron chi connectivity index (χ2n) is 6.57. The van der Waals surface area contributed by atoms with Crippen molar-refractivity contribution < 1.29 is 18.7 Å². The molecule has 5 heteroatoms. The van der Waals surface area contributed by atoms with E-state index in [1.54, 1.807) is 73.8 Å². The lowest BCUT2D eigenvalue weighted by Crippen LogP contribution is -2.16. The van der Waals surface area contributed by atoms with Gasteiger partial charge < -0.3 is 13.9 Å². The number of aryl methyl sites for hydroxylation is 1. The summed E-state index contributed by atoms with van der Waals surface area (Å²) in [5, 5.41) is 0.351. The summed E-state index contributed by atoms with van der Waals surface area (Å²) in [5.41, 5.74) is 1.93. The minimum atomic E-state index is -0.626. The normalized spacial score (nSPS) is 10.7. The summed E-state index contributed by atoms with van der Waals surface area (Å²) < 4.78 is 16.8. The minimum Gasteiger partial charge on any atom is -0.497 e. The first-order valence-corrected chi connectivity index (χ1v) is 9.06. The minimum absolute atomic E-state index is 0.139. The Balaban J connectivity index is 1.90. The Kier molecular flexibility index (Phi) is 4.87. The van der Waals surface area contributed by atoms with Crippen molar-refractivity contribution >= 4 is 16.9 Å². The molecule has 0 saturated carbocycles. The van der Waals surface area contributed by atoms with Crippen LogP contribution in [0.1, 0.15) is 15.9 Å². The van der Waals surface area contributed by atoms with Gasteiger partial charge in [-0.3, -0.25) is 4.79 Å². The van der Waals surface area contributed by atoms with Gasteiger partial charge in [0.2, 0.25) is 11.2 Å². The van der Waals surface area contributed by atoms with E-state index in [1.807, 2.05) is 13.0 Å². The van der Waals surface area contributed by atoms with E-state index >= 15 is 0 Å². The molecule has 0 N–H and O–H groups in total. The Labute approximate surface area is 167 Å². The molecule has 144 valence electrons. The molecule has 1 aromatic heterocycles. The van der Waals surface area contributed by atoms with Crippen LogP contribution in [0.5, 0.6) is 11.5 Å². The van der Waals surface area contributed by atoms with Gasteiger partial charge in [0.05, 0.1) is 18.1 Å². The molecule has 4 aromatic rings. The van der Waals surface area contributed by atoms with Gasteiger partial charge in [0.25, 0.3) is 0 Å². The highest BCUT2D eigenvalue weighted by molar-refractivity contribution is 5.93. The van der Waals surface area contributed by atoms with Gasteiger partial charge in [-0.2, -0.15) is 0 Å². The Hall–Kier alpha value is -3.86. The van der Waals surface area contributed by atoms with E-state index < -0.39 is 11.4 Å². The lowest BCUT2D eigenvalue weighted by atomic mass is 10.1. The van der Waals surface area contributed by atoms with Crippen LogP contribution in [0.15, 0.2) is 82.0 Å². The molecule has 0 fully saturated rings. The van der Waals surface area contributed by atoms with Crippen molar-refractivity contribution in [3.8, 4) is 22.8 Å². The van der Waals surface area contributed by atoms with Crippen molar-refractivity contribution in [3.63, 3.8) is 0 Å².